The van der Waals surface area contributed by atoms with E-state index < -0.39 is 0 Å². The highest BCUT2D eigenvalue weighted by Crippen LogP contribution is 2.30. The van der Waals surface area contributed by atoms with E-state index in [1.165, 1.54) is 0 Å². The van der Waals surface area contributed by atoms with Crippen molar-refractivity contribution in [1.82, 2.24) is 20.9 Å². The van der Waals surface area contributed by atoms with Crippen molar-refractivity contribution in [3.8, 4) is 11.5 Å². The van der Waals surface area contributed by atoms with Crippen molar-refractivity contribution in [2.24, 2.45) is 0 Å². The Bertz CT molecular complexity index is 1170. The molecule has 0 radical (unpaired) electrons. The normalized spacial score (nSPS) is 21.2. The van der Waals surface area contributed by atoms with Gasteiger partial charge in [0.2, 0.25) is 11.8 Å². The van der Waals surface area contributed by atoms with Gasteiger partial charge in [-0.3, -0.25) is 14.4 Å². The van der Waals surface area contributed by atoms with E-state index in [0.717, 1.165) is 18.4 Å². The van der Waals surface area contributed by atoms with Crippen LogP contribution in [0.5, 0.6) is 11.5 Å². The van der Waals surface area contributed by atoms with Gasteiger partial charge < -0.3 is 34.7 Å². The summed E-state index contributed by atoms with van der Waals surface area (Å²) in [5.74, 6) is 2.38. The summed E-state index contributed by atoms with van der Waals surface area (Å²) in [6.07, 6.45) is 3.45. The van der Waals surface area contributed by atoms with Crippen molar-refractivity contribution in [2.45, 2.75) is 64.5 Å². The molecule has 0 aliphatic carbocycles. The number of amides is 3. The molecule has 2 aromatic rings. The van der Waals surface area contributed by atoms with Crippen LogP contribution < -0.4 is 25.4 Å². The van der Waals surface area contributed by atoms with E-state index in [1.54, 1.807) is 20.1 Å². The molecule has 0 spiro atoms. The average molecular weight is 577 g/mol. The molecule has 40 heavy (non-hydrogen) atoms. The largest absolute Gasteiger partial charge is 0.493 e. The fourth-order valence-electron chi connectivity index (χ4n) is 5.07. The van der Waals surface area contributed by atoms with Gasteiger partial charge in [0.05, 0.1) is 18.7 Å². The number of aryl methyl sites for hydroxylation is 3. The zero-order valence-electron chi connectivity index (χ0n) is 23.5. The Morgan fingerprint density at radius 1 is 1.02 bits per heavy atom. The van der Waals surface area contributed by atoms with Crippen LogP contribution in [0.1, 0.15) is 59.5 Å². The molecule has 3 amide bonds. The Morgan fingerprint density at radius 3 is 2.55 bits per heavy atom. The van der Waals surface area contributed by atoms with Gasteiger partial charge in [0.25, 0.3) is 5.91 Å². The van der Waals surface area contributed by atoms with Crippen LogP contribution in [0.25, 0.3) is 0 Å². The van der Waals surface area contributed by atoms with E-state index in [-0.39, 0.29) is 42.3 Å². The van der Waals surface area contributed by atoms with Gasteiger partial charge in [0, 0.05) is 45.6 Å². The van der Waals surface area contributed by atoms with Crippen LogP contribution in [0.15, 0.2) is 28.7 Å². The van der Waals surface area contributed by atoms with Gasteiger partial charge in [-0.1, -0.05) is 6.07 Å². The molecule has 3 aliphatic rings. The van der Waals surface area contributed by atoms with E-state index in [0.29, 0.717) is 87.0 Å². The first-order valence-electron chi connectivity index (χ1n) is 13.8. The summed E-state index contributed by atoms with van der Waals surface area (Å²) in [6.45, 7) is 6.26. The molecule has 3 aliphatic heterocycles. The lowest BCUT2D eigenvalue weighted by Gasteiger charge is -2.23. The number of benzene rings is 1. The first kappa shape index (κ1) is 31.3. The highest BCUT2D eigenvalue weighted by Gasteiger charge is 2.31. The number of methoxy groups -OCH3 is 1. The number of ether oxygens (including phenoxy) is 2. The molecule has 3 N–H and O–H groups in total. The maximum absolute atomic E-state index is 13.3. The standard InChI is InChI=1S/C29H40N4O6.ClH/c1-19-15-23(20(2)38-19)29(36)33-13-5-4-11-31-28(35)24-17-22(18-32-24)39-25-9-7-21(16-26(25)37-3)8-10-27(34)30-12-6-14-33;/h7,9,15-16,22,24,32H,4-6,8,10-14,17-18H2,1-3H3,(H,30,34)(H,31,35);1H/t22-,24-;/m0./s1. The van der Waals surface area contributed by atoms with Crippen LogP contribution in [0.4, 0.5) is 0 Å². The van der Waals surface area contributed by atoms with Crippen LogP contribution in [-0.4, -0.2) is 74.6 Å². The number of carbonyl (C=O) groups excluding carboxylic acids is 3. The molecule has 4 heterocycles. The minimum atomic E-state index is -0.318. The van der Waals surface area contributed by atoms with Crippen molar-refractivity contribution in [3.63, 3.8) is 0 Å². The zero-order chi connectivity index (χ0) is 27.8. The van der Waals surface area contributed by atoms with Gasteiger partial charge in [-0.2, -0.15) is 0 Å². The molecular formula is C29H41ClN4O6. The van der Waals surface area contributed by atoms with Gasteiger partial charge in [0.1, 0.15) is 17.6 Å². The number of rotatable bonds is 2. The van der Waals surface area contributed by atoms with Crippen LogP contribution >= 0.6 is 12.4 Å². The highest BCUT2D eigenvalue weighted by atomic mass is 35.5. The molecule has 2 atom stereocenters. The summed E-state index contributed by atoms with van der Waals surface area (Å²) in [5.41, 5.74) is 1.54. The molecule has 11 heteroatoms. The lowest BCUT2D eigenvalue weighted by atomic mass is 10.1. The average Bonchev–Trinajstić information content (AvgIpc) is 3.53. The number of hydrogen-bond acceptors (Lipinski definition) is 7. The number of furan rings is 1. The predicted octanol–water partition coefficient (Wildman–Crippen LogP) is 2.93. The number of hydrogen-bond donors (Lipinski definition) is 3. The molecule has 10 nitrogen and oxygen atoms in total. The predicted molar refractivity (Wildman–Crippen MR) is 153 cm³/mol. The number of fused-ring (bicyclic) bond motifs is 15. The molecule has 4 bridgehead atoms. The number of nitrogens with one attached hydrogen (secondary N) is 3. The fraction of sp³-hybridized carbons (Fsp3) is 0.552. The van der Waals surface area contributed by atoms with Crippen LogP contribution in [0.2, 0.25) is 0 Å². The summed E-state index contributed by atoms with van der Waals surface area (Å²) in [6, 6.07) is 7.15. The first-order chi connectivity index (χ1) is 18.8. The second-order valence-corrected chi connectivity index (χ2v) is 10.2. The van der Waals surface area contributed by atoms with Crippen molar-refractivity contribution < 1.29 is 28.3 Å². The topological polar surface area (TPSA) is 122 Å². The Kier molecular flexibility index (Phi) is 11.7. The lowest BCUT2D eigenvalue weighted by molar-refractivity contribution is -0.123. The molecule has 5 rings (SSSR count). The maximum atomic E-state index is 13.3. The Balaban J connectivity index is 0.00000441. The van der Waals surface area contributed by atoms with Crippen molar-refractivity contribution in [1.29, 1.82) is 0 Å². The zero-order valence-corrected chi connectivity index (χ0v) is 24.4. The monoisotopic (exact) mass is 576 g/mol. The van der Waals surface area contributed by atoms with E-state index >= 15 is 0 Å². The SMILES string of the molecule is COc1cc2ccc1O[C@@H]1CN[C@@H](C1)C(=O)NCCCCN(C(=O)c1cc(C)oc1C)CCCNC(=O)CC2.Cl. The van der Waals surface area contributed by atoms with Crippen LogP contribution in [0.3, 0.4) is 0 Å². The van der Waals surface area contributed by atoms with Crippen molar-refractivity contribution >= 4 is 30.1 Å². The molecule has 1 saturated heterocycles. The minimum Gasteiger partial charge on any atom is -0.493 e. The third-order valence-corrected chi connectivity index (χ3v) is 7.21. The first-order valence-corrected chi connectivity index (χ1v) is 13.8. The fourth-order valence-corrected chi connectivity index (χ4v) is 5.07. The summed E-state index contributed by atoms with van der Waals surface area (Å²) in [7, 11) is 1.59. The smallest absolute Gasteiger partial charge is 0.257 e. The van der Waals surface area contributed by atoms with E-state index in [1.807, 2.05) is 30.0 Å². The molecule has 0 unspecified atom stereocenters. The second-order valence-electron chi connectivity index (χ2n) is 10.2. The van der Waals surface area contributed by atoms with Gasteiger partial charge in [-0.25, -0.2) is 0 Å². The summed E-state index contributed by atoms with van der Waals surface area (Å²) < 4.78 is 17.3. The number of halogens is 1. The summed E-state index contributed by atoms with van der Waals surface area (Å²) in [4.78, 5) is 40.3. The van der Waals surface area contributed by atoms with Gasteiger partial charge >= 0.3 is 0 Å². The second kappa shape index (κ2) is 14.9. The lowest BCUT2D eigenvalue weighted by Crippen LogP contribution is -2.41. The third kappa shape index (κ3) is 8.38. The number of carbonyl (C=O) groups is 3. The summed E-state index contributed by atoms with van der Waals surface area (Å²) >= 11 is 0. The number of nitrogens with zero attached hydrogens (tertiary/aromatic N) is 1. The molecule has 1 aromatic carbocycles. The van der Waals surface area contributed by atoms with E-state index in [4.69, 9.17) is 13.9 Å². The maximum Gasteiger partial charge on any atom is 0.257 e. The van der Waals surface area contributed by atoms with Crippen molar-refractivity contribution in [2.75, 3.05) is 39.8 Å². The minimum absolute atomic E-state index is 0. The van der Waals surface area contributed by atoms with E-state index in [2.05, 4.69) is 16.0 Å². The molecular weight excluding hydrogens is 536 g/mol. The van der Waals surface area contributed by atoms with Gasteiger partial charge in [-0.05, 0) is 63.3 Å². The quantitative estimate of drug-likeness (QED) is 0.502. The summed E-state index contributed by atoms with van der Waals surface area (Å²) in [5, 5.41) is 9.23. The van der Waals surface area contributed by atoms with Crippen LogP contribution in [-0.2, 0) is 16.0 Å². The Labute approximate surface area is 241 Å². The van der Waals surface area contributed by atoms with Gasteiger partial charge in [-0.15, -0.1) is 12.4 Å². The highest BCUT2D eigenvalue weighted by molar-refractivity contribution is 5.95. The molecule has 220 valence electrons. The van der Waals surface area contributed by atoms with Gasteiger partial charge in [0.15, 0.2) is 11.5 Å². The molecule has 0 saturated carbocycles. The third-order valence-electron chi connectivity index (χ3n) is 7.21. The Hall–Kier alpha value is -3.24. The van der Waals surface area contributed by atoms with Crippen LogP contribution in [0, 0.1) is 13.8 Å². The Morgan fingerprint density at radius 2 is 1.80 bits per heavy atom. The van der Waals surface area contributed by atoms with Crippen molar-refractivity contribution in [3.05, 3.63) is 46.9 Å². The molecule has 1 aromatic heterocycles. The molecule has 1 fully saturated rings. The van der Waals surface area contributed by atoms with E-state index in [9.17, 15) is 14.4 Å².